The first kappa shape index (κ1) is 14.2. The molecule has 0 aliphatic carbocycles. The van der Waals surface area contributed by atoms with Crippen LogP contribution in [0.2, 0.25) is 0 Å². The van der Waals surface area contributed by atoms with Crippen molar-refractivity contribution in [2.75, 3.05) is 6.54 Å². The van der Waals surface area contributed by atoms with Gasteiger partial charge < -0.3 is 5.32 Å². The highest BCUT2D eigenvalue weighted by Crippen LogP contribution is 2.21. The molecule has 0 saturated carbocycles. The fourth-order valence-corrected chi connectivity index (χ4v) is 2.74. The van der Waals surface area contributed by atoms with Crippen LogP contribution < -0.4 is 5.32 Å². The fourth-order valence-electron chi connectivity index (χ4n) is 2.11. The summed E-state index contributed by atoms with van der Waals surface area (Å²) >= 11 is 1.68. The average molecular weight is 275 g/mol. The number of nitrogens with one attached hydrogen (secondary N) is 1. The summed E-state index contributed by atoms with van der Waals surface area (Å²) < 4.78 is 0. The van der Waals surface area contributed by atoms with Gasteiger partial charge in [-0.3, -0.25) is 0 Å². The van der Waals surface area contributed by atoms with Gasteiger partial charge in [-0.1, -0.05) is 13.8 Å². The van der Waals surface area contributed by atoms with Crippen molar-refractivity contribution >= 4 is 11.3 Å². The van der Waals surface area contributed by atoms with Crippen LogP contribution in [-0.4, -0.2) is 22.6 Å². The van der Waals surface area contributed by atoms with E-state index in [1.165, 1.54) is 5.56 Å². The molecule has 4 heteroatoms. The molecule has 1 N–H and O–H groups in total. The molecule has 0 atom stereocenters. The molecule has 0 unspecified atom stereocenters. The molecule has 2 heterocycles. The van der Waals surface area contributed by atoms with Crippen molar-refractivity contribution in [1.29, 1.82) is 0 Å². The summed E-state index contributed by atoms with van der Waals surface area (Å²) in [5.41, 5.74) is 4.58. The monoisotopic (exact) mass is 275 g/mol. The van der Waals surface area contributed by atoms with Crippen LogP contribution in [0.5, 0.6) is 0 Å². The second-order valence-corrected chi connectivity index (χ2v) is 5.85. The molecule has 2 aromatic heterocycles. The lowest BCUT2D eigenvalue weighted by Crippen LogP contribution is -2.25. The predicted octanol–water partition coefficient (Wildman–Crippen LogP) is 3.36. The minimum absolute atomic E-state index is 0.520. The van der Waals surface area contributed by atoms with E-state index in [-0.39, 0.29) is 0 Å². The lowest BCUT2D eigenvalue weighted by Gasteiger charge is -2.12. The van der Waals surface area contributed by atoms with Crippen LogP contribution in [0.15, 0.2) is 16.8 Å². The summed E-state index contributed by atoms with van der Waals surface area (Å²) in [5, 5.41) is 7.59. The quantitative estimate of drug-likeness (QED) is 0.909. The van der Waals surface area contributed by atoms with E-state index in [1.807, 2.05) is 0 Å². The Labute approximate surface area is 119 Å². The molecule has 19 heavy (non-hydrogen) atoms. The second-order valence-electron chi connectivity index (χ2n) is 5.07. The van der Waals surface area contributed by atoms with Gasteiger partial charge in [-0.05, 0) is 43.8 Å². The van der Waals surface area contributed by atoms with Crippen molar-refractivity contribution in [1.82, 2.24) is 15.3 Å². The first-order valence-electron chi connectivity index (χ1n) is 6.68. The zero-order valence-corrected chi connectivity index (χ0v) is 12.8. The first-order chi connectivity index (χ1) is 9.08. The lowest BCUT2D eigenvalue weighted by molar-refractivity contribution is 0.588. The predicted molar refractivity (Wildman–Crippen MR) is 81.7 cm³/mol. The second kappa shape index (κ2) is 6.26. The number of rotatable bonds is 5. The highest BCUT2D eigenvalue weighted by Gasteiger charge is 2.10. The molecule has 2 aromatic rings. The molecule has 2 rings (SSSR count). The molecule has 0 radical (unpaired) electrons. The Kier molecular flexibility index (Phi) is 4.66. The van der Waals surface area contributed by atoms with Crippen molar-refractivity contribution < 1.29 is 0 Å². The zero-order valence-electron chi connectivity index (χ0n) is 12.0. The third-order valence-electron chi connectivity index (χ3n) is 3.13. The molecule has 0 aromatic carbocycles. The van der Waals surface area contributed by atoms with E-state index in [1.54, 1.807) is 11.3 Å². The molecule has 0 aliphatic heterocycles. The van der Waals surface area contributed by atoms with Gasteiger partial charge in [0.2, 0.25) is 0 Å². The summed E-state index contributed by atoms with van der Waals surface area (Å²) in [6, 6.07) is 2.59. The normalized spacial score (nSPS) is 11.2. The minimum Gasteiger partial charge on any atom is -0.314 e. The summed E-state index contributed by atoms with van der Waals surface area (Å²) in [6.45, 7) is 9.46. The fraction of sp³-hybridized carbons (Fsp3) is 0.467. The van der Waals surface area contributed by atoms with Crippen molar-refractivity contribution in [3.63, 3.8) is 0 Å². The van der Waals surface area contributed by atoms with Gasteiger partial charge in [-0.2, -0.15) is 11.3 Å². The minimum atomic E-state index is 0.520. The molecular weight excluding hydrogens is 254 g/mol. The van der Waals surface area contributed by atoms with Crippen LogP contribution in [-0.2, 0) is 6.42 Å². The Morgan fingerprint density at radius 2 is 1.89 bits per heavy atom. The maximum Gasteiger partial charge on any atom is 0.160 e. The van der Waals surface area contributed by atoms with E-state index < -0.39 is 0 Å². The maximum atomic E-state index is 4.64. The third-order valence-corrected chi connectivity index (χ3v) is 3.81. The van der Waals surface area contributed by atoms with E-state index in [0.29, 0.717) is 6.04 Å². The SMILES string of the molecule is Cc1nc(-c2ccsc2)nc(C)c1CCNC(C)C. The first-order valence-corrected chi connectivity index (χ1v) is 7.62. The lowest BCUT2D eigenvalue weighted by atomic mass is 10.1. The number of hydrogen-bond donors (Lipinski definition) is 1. The Hall–Kier alpha value is -1.26. The van der Waals surface area contributed by atoms with Crippen molar-refractivity contribution in [3.8, 4) is 11.4 Å². The van der Waals surface area contributed by atoms with Crippen LogP contribution >= 0.6 is 11.3 Å². The van der Waals surface area contributed by atoms with Crippen LogP contribution in [0.3, 0.4) is 0 Å². The van der Waals surface area contributed by atoms with E-state index >= 15 is 0 Å². The zero-order chi connectivity index (χ0) is 13.8. The van der Waals surface area contributed by atoms with E-state index in [0.717, 1.165) is 35.7 Å². The molecule has 102 valence electrons. The van der Waals surface area contributed by atoms with Crippen LogP contribution in [0, 0.1) is 13.8 Å². The van der Waals surface area contributed by atoms with E-state index in [4.69, 9.17) is 0 Å². The maximum absolute atomic E-state index is 4.64. The van der Waals surface area contributed by atoms with E-state index in [9.17, 15) is 0 Å². The number of aromatic nitrogens is 2. The van der Waals surface area contributed by atoms with Crippen molar-refractivity contribution in [2.45, 2.75) is 40.2 Å². The molecule has 0 bridgehead atoms. The van der Waals surface area contributed by atoms with Gasteiger partial charge in [0.15, 0.2) is 5.82 Å². The molecule has 3 nitrogen and oxygen atoms in total. The highest BCUT2D eigenvalue weighted by atomic mass is 32.1. The Balaban J connectivity index is 2.18. The van der Waals surface area contributed by atoms with Crippen molar-refractivity contribution in [2.24, 2.45) is 0 Å². The summed E-state index contributed by atoms with van der Waals surface area (Å²) in [4.78, 5) is 9.28. The Morgan fingerprint density at radius 1 is 1.21 bits per heavy atom. The highest BCUT2D eigenvalue weighted by molar-refractivity contribution is 7.08. The van der Waals surface area contributed by atoms with E-state index in [2.05, 4.69) is 59.8 Å². The van der Waals surface area contributed by atoms with Gasteiger partial charge in [0.25, 0.3) is 0 Å². The largest absolute Gasteiger partial charge is 0.314 e. The van der Waals surface area contributed by atoms with Crippen molar-refractivity contribution in [3.05, 3.63) is 33.8 Å². The Morgan fingerprint density at radius 3 is 2.42 bits per heavy atom. The summed E-state index contributed by atoms with van der Waals surface area (Å²) in [7, 11) is 0. The van der Waals surface area contributed by atoms with Gasteiger partial charge in [-0.15, -0.1) is 0 Å². The van der Waals surface area contributed by atoms with Crippen LogP contribution in [0.1, 0.15) is 30.8 Å². The topological polar surface area (TPSA) is 37.8 Å². The Bertz CT molecular complexity index is 509. The molecule has 0 spiro atoms. The van der Waals surface area contributed by atoms with Gasteiger partial charge in [0.05, 0.1) is 0 Å². The van der Waals surface area contributed by atoms with Gasteiger partial charge in [-0.25, -0.2) is 9.97 Å². The van der Waals surface area contributed by atoms with Gasteiger partial charge in [0.1, 0.15) is 0 Å². The summed E-state index contributed by atoms with van der Waals surface area (Å²) in [5.74, 6) is 0.844. The standard InChI is InChI=1S/C15H21N3S/c1-10(2)16-7-5-14-11(3)17-15(18-12(14)4)13-6-8-19-9-13/h6,8-10,16H,5,7H2,1-4H3. The molecular formula is C15H21N3S. The third kappa shape index (κ3) is 3.61. The smallest absolute Gasteiger partial charge is 0.160 e. The average Bonchev–Trinajstić information content (AvgIpc) is 2.85. The molecule has 0 amide bonds. The van der Waals surface area contributed by atoms with Crippen LogP contribution in [0.25, 0.3) is 11.4 Å². The van der Waals surface area contributed by atoms with Gasteiger partial charge >= 0.3 is 0 Å². The number of nitrogens with zero attached hydrogens (tertiary/aromatic N) is 2. The molecule has 0 saturated heterocycles. The number of hydrogen-bond acceptors (Lipinski definition) is 4. The molecule has 0 fully saturated rings. The number of aryl methyl sites for hydroxylation is 2. The molecule has 0 aliphatic rings. The summed E-state index contributed by atoms with van der Waals surface area (Å²) in [6.07, 6.45) is 0.986. The number of thiophene rings is 1. The van der Waals surface area contributed by atoms with Crippen LogP contribution in [0.4, 0.5) is 0 Å². The van der Waals surface area contributed by atoms with Gasteiger partial charge in [0, 0.05) is 28.4 Å².